The molecule has 0 saturated carbocycles. The summed E-state index contributed by atoms with van der Waals surface area (Å²) in [6, 6.07) is 7.01. The van der Waals surface area contributed by atoms with Crippen molar-refractivity contribution in [1.29, 1.82) is 0 Å². The van der Waals surface area contributed by atoms with E-state index in [9.17, 15) is 19.8 Å². The molecule has 2 rings (SSSR count). The van der Waals surface area contributed by atoms with Gasteiger partial charge in [-0.1, -0.05) is 12.1 Å². The first-order valence-corrected chi connectivity index (χ1v) is 8.03. The summed E-state index contributed by atoms with van der Waals surface area (Å²) in [6.45, 7) is 2.69. The van der Waals surface area contributed by atoms with Gasteiger partial charge in [0, 0.05) is 13.0 Å². The molecule has 1 aromatic carbocycles. The number of carbonyl (C=O) groups excluding carboxylic acids is 2. The minimum absolute atomic E-state index is 0.676. The van der Waals surface area contributed by atoms with E-state index in [4.69, 9.17) is 18.9 Å². The van der Waals surface area contributed by atoms with Crippen molar-refractivity contribution in [1.82, 2.24) is 0 Å². The lowest BCUT2D eigenvalue weighted by atomic mass is 9.99. The molecule has 1 saturated heterocycles. The van der Waals surface area contributed by atoms with E-state index in [1.807, 2.05) is 0 Å². The molecule has 5 unspecified atom stereocenters. The number of hydrogen-bond acceptors (Lipinski definition) is 8. The molecule has 8 heteroatoms. The molecule has 8 nitrogen and oxygen atoms in total. The van der Waals surface area contributed by atoms with Crippen LogP contribution in [-0.2, 0) is 23.8 Å². The lowest BCUT2D eigenvalue weighted by Crippen LogP contribution is -2.59. The summed E-state index contributed by atoms with van der Waals surface area (Å²) in [5.74, 6) is -0.693. The Labute approximate surface area is 150 Å². The maximum Gasteiger partial charge on any atom is 0.331 e. The van der Waals surface area contributed by atoms with E-state index < -0.39 is 42.6 Å². The van der Waals surface area contributed by atoms with Crippen LogP contribution in [0.2, 0.25) is 0 Å². The van der Waals surface area contributed by atoms with Crippen LogP contribution in [0.5, 0.6) is 5.75 Å². The van der Waals surface area contributed by atoms with Gasteiger partial charge >= 0.3 is 11.9 Å². The smallest absolute Gasteiger partial charge is 0.331 e. The van der Waals surface area contributed by atoms with Crippen LogP contribution in [0.4, 0.5) is 0 Å². The zero-order chi connectivity index (χ0) is 19.3. The normalized spacial score (nSPS) is 28.6. The highest BCUT2D eigenvalue weighted by Crippen LogP contribution is 2.25. The van der Waals surface area contributed by atoms with E-state index in [1.54, 1.807) is 37.5 Å². The Morgan fingerprint density at radius 2 is 1.77 bits per heavy atom. The van der Waals surface area contributed by atoms with Crippen molar-refractivity contribution >= 4 is 18.0 Å². The van der Waals surface area contributed by atoms with Gasteiger partial charge in [-0.15, -0.1) is 0 Å². The molecule has 26 heavy (non-hydrogen) atoms. The van der Waals surface area contributed by atoms with Gasteiger partial charge in [0.2, 0.25) is 0 Å². The lowest BCUT2D eigenvalue weighted by molar-refractivity contribution is -0.283. The molecule has 0 amide bonds. The van der Waals surface area contributed by atoms with Gasteiger partial charge in [0.15, 0.2) is 18.5 Å². The lowest BCUT2D eigenvalue weighted by Gasteiger charge is -2.40. The Kier molecular flexibility index (Phi) is 6.73. The van der Waals surface area contributed by atoms with Crippen molar-refractivity contribution in [2.45, 2.75) is 44.6 Å². The molecule has 0 spiro atoms. The van der Waals surface area contributed by atoms with E-state index in [2.05, 4.69) is 0 Å². The van der Waals surface area contributed by atoms with Crippen LogP contribution in [-0.4, -0.2) is 60.0 Å². The molecule has 1 aliphatic rings. The number of hydrogen-bond donors (Lipinski definition) is 2. The van der Waals surface area contributed by atoms with Crippen LogP contribution in [0.3, 0.4) is 0 Å². The predicted octanol–water partition coefficient (Wildman–Crippen LogP) is 0.650. The van der Waals surface area contributed by atoms with Crippen LogP contribution in [0.1, 0.15) is 19.4 Å². The van der Waals surface area contributed by atoms with Crippen molar-refractivity contribution in [3.05, 3.63) is 35.9 Å². The van der Waals surface area contributed by atoms with Gasteiger partial charge < -0.3 is 29.2 Å². The number of methoxy groups -OCH3 is 1. The molecule has 1 fully saturated rings. The number of ether oxygens (including phenoxy) is 4. The Morgan fingerprint density at radius 3 is 2.35 bits per heavy atom. The van der Waals surface area contributed by atoms with Gasteiger partial charge in [0.05, 0.1) is 13.2 Å². The first-order valence-electron chi connectivity index (χ1n) is 8.03. The zero-order valence-corrected chi connectivity index (χ0v) is 14.7. The van der Waals surface area contributed by atoms with Crippen molar-refractivity contribution < 1.29 is 38.7 Å². The first-order chi connectivity index (χ1) is 12.3. The predicted molar refractivity (Wildman–Crippen MR) is 90.0 cm³/mol. The average molecular weight is 366 g/mol. The summed E-state index contributed by atoms with van der Waals surface area (Å²) < 4.78 is 20.4. The molecule has 0 radical (unpaired) electrons. The Bertz CT molecular complexity index is 654. The Balaban J connectivity index is 2.06. The highest BCUT2D eigenvalue weighted by molar-refractivity contribution is 5.87. The second-order valence-corrected chi connectivity index (χ2v) is 5.80. The van der Waals surface area contributed by atoms with E-state index >= 15 is 0 Å². The molecular weight excluding hydrogens is 344 g/mol. The largest absolute Gasteiger partial charge is 0.497 e. The van der Waals surface area contributed by atoms with Crippen molar-refractivity contribution in [3.63, 3.8) is 0 Å². The van der Waals surface area contributed by atoms with Crippen molar-refractivity contribution in [3.8, 4) is 5.75 Å². The van der Waals surface area contributed by atoms with Crippen LogP contribution >= 0.6 is 0 Å². The monoisotopic (exact) mass is 366 g/mol. The summed E-state index contributed by atoms with van der Waals surface area (Å²) >= 11 is 0. The van der Waals surface area contributed by atoms with Crippen LogP contribution < -0.4 is 4.74 Å². The summed E-state index contributed by atoms with van der Waals surface area (Å²) in [6.07, 6.45) is -3.40. The summed E-state index contributed by atoms with van der Waals surface area (Å²) in [5.41, 5.74) is 0.752. The highest BCUT2D eigenvalue weighted by Gasteiger charge is 2.47. The van der Waals surface area contributed by atoms with Gasteiger partial charge in [0.25, 0.3) is 0 Å². The summed E-state index contributed by atoms with van der Waals surface area (Å²) in [4.78, 5) is 23.3. The minimum Gasteiger partial charge on any atom is -0.497 e. The van der Waals surface area contributed by atoms with Gasteiger partial charge in [-0.25, -0.2) is 4.79 Å². The first kappa shape index (κ1) is 19.9. The second kappa shape index (κ2) is 8.79. The molecule has 0 aliphatic carbocycles. The standard InChI is InChI=1S/C18H22O8/c1-10-16(17(25-11(2)19)15(21)18(22)24-10)26-14(20)9-6-12-4-7-13(23-3)8-5-12/h4-10,15-18,21-22H,1-3H3. The Morgan fingerprint density at radius 1 is 1.12 bits per heavy atom. The molecular formula is C18H22O8. The third-order valence-electron chi connectivity index (χ3n) is 3.85. The molecule has 142 valence electrons. The number of aliphatic hydroxyl groups is 2. The molecule has 1 heterocycles. The topological polar surface area (TPSA) is 112 Å². The van der Waals surface area contributed by atoms with Crippen LogP contribution in [0.25, 0.3) is 6.08 Å². The van der Waals surface area contributed by atoms with E-state index in [0.717, 1.165) is 12.5 Å². The number of rotatable bonds is 5. The zero-order valence-electron chi connectivity index (χ0n) is 14.7. The van der Waals surface area contributed by atoms with Crippen molar-refractivity contribution in [2.24, 2.45) is 0 Å². The average Bonchev–Trinajstić information content (AvgIpc) is 2.61. The SMILES string of the molecule is COc1ccc(C=CC(=O)OC2C(C)OC(O)C(O)C2OC(C)=O)cc1. The molecule has 2 N–H and O–H groups in total. The molecule has 0 aromatic heterocycles. The second-order valence-electron chi connectivity index (χ2n) is 5.80. The van der Waals surface area contributed by atoms with Gasteiger partial charge in [-0.3, -0.25) is 4.79 Å². The fraction of sp³-hybridized carbons (Fsp3) is 0.444. The van der Waals surface area contributed by atoms with E-state index in [1.165, 1.54) is 13.0 Å². The third-order valence-corrected chi connectivity index (χ3v) is 3.85. The number of aliphatic hydroxyl groups excluding tert-OH is 2. The number of carbonyl (C=O) groups is 2. The maximum atomic E-state index is 12.1. The van der Waals surface area contributed by atoms with Crippen LogP contribution in [0.15, 0.2) is 30.3 Å². The number of esters is 2. The maximum absolute atomic E-state index is 12.1. The Hall–Kier alpha value is -2.42. The highest BCUT2D eigenvalue weighted by atomic mass is 16.7. The van der Waals surface area contributed by atoms with Crippen LogP contribution in [0, 0.1) is 0 Å². The molecule has 1 aliphatic heterocycles. The fourth-order valence-corrected chi connectivity index (χ4v) is 2.55. The van der Waals surface area contributed by atoms with Crippen molar-refractivity contribution in [2.75, 3.05) is 7.11 Å². The molecule has 0 bridgehead atoms. The summed E-state index contributed by atoms with van der Waals surface area (Å²) in [5, 5.41) is 19.6. The van der Waals surface area contributed by atoms with Gasteiger partial charge in [-0.05, 0) is 30.7 Å². The molecule has 5 atom stereocenters. The fourth-order valence-electron chi connectivity index (χ4n) is 2.55. The van der Waals surface area contributed by atoms with Gasteiger partial charge in [-0.2, -0.15) is 0 Å². The van der Waals surface area contributed by atoms with E-state index in [0.29, 0.717) is 5.75 Å². The third kappa shape index (κ3) is 5.04. The quantitative estimate of drug-likeness (QED) is 0.577. The minimum atomic E-state index is -1.54. The molecule has 1 aromatic rings. The van der Waals surface area contributed by atoms with E-state index in [-0.39, 0.29) is 0 Å². The van der Waals surface area contributed by atoms with Gasteiger partial charge in [0.1, 0.15) is 11.9 Å². The summed E-state index contributed by atoms with van der Waals surface area (Å²) in [7, 11) is 1.56. The number of benzene rings is 1.